The molecular weight excluding hydrogens is 204 g/mol. The first-order valence-corrected chi connectivity index (χ1v) is 5.15. The fraction of sp³-hybridized carbons (Fsp3) is 0.385. The number of aliphatic carboxylic acids is 1. The zero-order chi connectivity index (χ0) is 12.5. The maximum Gasteiger partial charge on any atom is 0.318 e. The van der Waals surface area contributed by atoms with Crippen molar-refractivity contribution < 1.29 is 14.7 Å². The molecule has 0 spiro atoms. The van der Waals surface area contributed by atoms with Crippen LogP contribution < -0.4 is 0 Å². The van der Waals surface area contributed by atoms with Gasteiger partial charge < -0.3 is 5.11 Å². The number of hydrogen-bond acceptors (Lipinski definition) is 2. The van der Waals surface area contributed by atoms with Crippen LogP contribution in [0.3, 0.4) is 0 Å². The van der Waals surface area contributed by atoms with Gasteiger partial charge in [0.2, 0.25) is 0 Å². The average molecular weight is 220 g/mol. The third-order valence-corrected chi connectivity index (χ3v) is 2.68. The maximum absolute atomic E-state index is 11.4. The summed E-state index contributed by atoms with van der Waals surface area (Å²) in [5.74, 6) is -2.45. The molecule has 0 amide bonds. The van der Waals surface area contributed by atoms with Crippen molar-refractivity contribution in [2.24, 2.45) is 0 Å². The minimum absolute atomic E-state index is 0.331. The summed E-state index contributed by atoms with van der Waals surface area (Å²) in [7, 11) is 0. The number of carboxylic acids is 1. The fourth-order valence-corrected chi connectivity index (χ4v) is 2.15. The number of Topliss-reactive ketones (excluding diaryl/α,β-unsaturated/α-hetero) is 1. The molecule has 3 heteroatoms. The Balaban J connectivity index is 3.41. The third-order valence-electron chi connectivity index (χ3n) is 2.68. The molecule has 3 nitrogen and oxygen atoms in total. The summed E-state index contributed by atoms with van der Waals surface area (Å²) in [5.41, 5.74) is 3.43. The molecule has 0 aliphatic carbocycles. The number of rotatable bonds is 3. The molecule has 0 fully saturated rings. The van der Waals surface area contributed by atoms with Gasteiger partial charge in [0.15, 0.2) is 0 Å². The number of carbonyl (C=O) groups excluding carboxylic acids is 1. The standard InChI is InChI=1S/C13H16O3/c1-7-5-8(2)11(9(3)6-7)12(10(4)14)13(15)16/h5-6,12H,1-4H3,(H,15,16). The van der Waals surface area contributed by atoms with Crippen LogP contribution in [-0.4, -0.2) is 16.9 Å². The minimum atomic E-state index is -1.08. The molecule has 1 rings (SSSR count). The Morgan fingerprint density at radius 2 is 1.56 bits per heavy atom. The average Bonchev–Trinajstić information content (AvgIpc) is 2.09. The molecule has 0 bridgehead atoms. The van der Waals surface area contributed by atoms with Gasteiger partial charge in [-0.15, -0.1) is 0 Å². The molecule has 1 aromatic carbocycles. The van der Waals surface area contributed by atoms with Gasteiger partial charge in [-0.1, -0.05) is 17.7 Å². The molecule has 0 saturated heterocycles. The summed E-state index contributed by atoms with van der Waals surface area (Å²) in [4.78, 5) is 22.5. The van der Waals surface area contributed by atoms with Crippen LogP contribution in [-0.2, 0) is 9.59 Å². The Hall–Kier alpha value is -1.64. The highest BCUT2D eigenvalue weighted by atomic mass is 16.4. The van der Waals surface area contributed by atoms with Crippen molar-refractivity contribution in [2.75, 3.05) is 0 Å². The molecule has 1 aromatic rings. The number of carboxylic acid groups (broad SMARTS) is 1. The van der Waals surface area contributed by atoms with Crippen LogP contribution in [0.5, 0.6) is 0 Å². The zero-order valence-electron chi connectivity index (χ0n) is 10.00. The maximum atomic E-state index is 11.4. The van der Waals surface area contributed by atoms with Crippen molar-refractivity contribution in [3.8, 4) is 0 Å². The number of ketones is 1. The molecule has 0 aromatic heterocycles. The van der Waals surface area contributed by atoms with Crippen LogP contribution in [0.4, 0.5) is 0 Å². The molecule has 1 atom stereocenters. The summed E-state index contributed by atoms with van der Waals surface area (Å²) in [6.07, 6.45) is 0. The first-order valence-electron chi connectivity index (χ1n) is 5.15. The van der Waals surface area contributed by atoms with Gasteiger partial charge in [-0.3, -0.25) is 9.59 Å². The predicted molar refractivity (Wildman–Crippen MR) is 61.7 cm³/mol. The number of hydrogen-bond donors (Lipinski definition) is 1. The van der Waals surface area contributed by atoms with Crippen molar-refractivity contribution >= 4 is 11.8 Å². The van der Waals surface area contributed by atoms with Crippen molar-refractivity contribution in [3.63, 3.8) is 0 Å². The van der Waals surface area contributed by atoms with Gasteiger partial charge in [0, 0.05) is 0 Å². The van der Waals surface area contributed by atoms with E-state index in [0.717, 1.165) is 16.7 Å². The first kappa shape index (κ1) is 12.4. The van der Waals surface area contributed by atoms with Crippen LogP contribution >= 0.6 is 0 Å². The monoisotopic (exact) mass is 220 g/mol. The molecule has 16 heavy (non-hydrogen) atoms. The Labute approximate surface area is 95.1 Å². The van der Waals surface area contributed by atoms with E-state index in [9.17, 15) is 9.59 Å². The normalized spacial score (nSPS) is 12.2. The van der Waals surface area contributed by atoms with Gasteiger partial charge in [0.25, 0.3) is 0 Å². The van der Waals surface area contributed by atoms with E-state index >= 15 is 0 Å². The van der Waals surface area contributed by atoms with Crippen LogP contribution in [0.15, 0.2) is 12.1 Å². The van der Waals surface area contributed by atoms with E-state index in [4.69, 9.17) is 5.11 Å². The SMILES string of the molecule is CC(=O)C(C(=O)O)c1c(C)cc(C)cc1C. The topological polar surface area (TPSA) is 54.4 Å². The van der Waals surface area contributed by atoms with Crippen LogP contribution in [0, 0.1) is 20.8 Å². The van der Waals surface area contributed by atoms with Gasteiger partial charge in [-0.05, 0) is 44.4 Å². The molecule has 86 valence electrons. The Kier molecular flexibility index (Phi) is 3.48. The van der Waals surface area contributed by atoms with Crippen molar-refractivity contribution in [3.05, 3.63) is 34.4 Å². The van der Waals surface area contributed by atoms with E-state index in [-0.39, 0.29) is 5.78 Å². The number of benzene rings is 1. The van der Waals surface area contributed by atoms with Crippen molar-refractivity contribution in [1.82, 2.24) is 0 Å². The van der Waals surface area contributed by atoms with Crippen molar-refractivity contribution in [1.29, 1.82) is 0 Å². The highest BCUT2D eigenvalue weighted by Crippen LogP contribution is 2.26. The van der Waals surface area contributed by atoms with E-state index in [0.29, 0.717) is 5.56 Å². The second-order valence-electron chi connectivity index (χ2n) is 4.19. The Morgan fingerprint density at radius 1 is 1.12 bits per heavy atom. The molecule has 1 unspecified atom stereocenters. The smallest absolute Gasteiger partial charge is 0.318 e. The van der Waals surface area contributed by atoms with Crippen molar-refractivity contribution in [2.45, 2.75) is 33.6 Å². The van der Waals surface area contributed by atoms with Gasteiger partial charge in [-0.2, -0.15) is 0 Å². The van der Waals surface area contributed by atoms with Gasteiger partial charge in [0.05, 0.1) is 0 Å². The second-order valence-corrected chi connectivity index (χ2v) is 4.19. The lowest BCUT2D eigenvalue weighted by Crippen LogP contribution is -2.21. The zero-order valence-corrected chi connectivity index (χ0v) is 10.00. The lowest BCUT2D eigenvalue weighted by molar-refractivity contribution is -0.142. The van der Waals surface area contributed by atoms with E-state index in [1.807, 2.05) is 32.9 Å². The van der Waals surface area contributed by atoms with Crippen LogP contribution in [0.25, 0.3) is 0 Å². The molecule has 0 radical (unpaired) electrons. The van der Waals surface area contributed by atoms with Crippen LogP contribution in [0.1, 0.15) is 35.1 Å². The Morgan fingerprint density at radius 3 is 1.88 bits per heavy atom. The summed E-state index contributed by atoms with van der Waals surface area (Å²) in [6, 6.07) is 3.81. The quantitative estimate of drug-likeness (QED) is 0.795. The molecule has 0 aliphatic heterocycles. The van der Waals surface area contributed by atoms with E-state index in [1.165, 1.54) is 6.92 Å². The van der Waals surface area contributed by atoms with E-state index in [1.54, 1.807) is 0 Å². The molecule has 1 N–H and O–H groups in total. The van der Waals surface area contributed by atoms with E-state index < -0.39 is 11.9 Å². The summed E-state index contributed by atoms with van der Waals surface area (Å²) < 4.78 is 0. The Bertz CT molecular complexity index is 409. The largest absolute Gasteiger partial charge is 0.480 e. The third kappa shape index (κ3) is 2.30. The second kappa shape index (κ2) is 4.47. The fourth-order valence-electron chi connectivity index (χ4n) is 2.15. The lowest BCUT2D eigenvalue weighted by atomic mass is 9.87. The molecule has 0 saturated carbocycles. The van der Waals surface area contributed by atoms with Gasteiger partial charge in [0.1, 0.15) is 11.7 Å². The van der Waals surface area contributed by atoms with E-state index in [2.05, 4.69) is 0 Å². The lowest BCUT2D eigenvalue weighted by Gasteiger charge is -2.16. The molecular formula is C13H16O3. The summed E-state index contributed by atoms with van der Waals surface area (Å²) in [6.45, 7) is 6.95. The number of carbonyl (C=O) groups is 2. The summed E-state index contributed by atoms with van der Waals surface area (Å²) in [5, 5.41) is 9.09. The first-order chi connectivity index (χ1) is 7.34. The highest BCUT2D eigenvalue weighted by Gasteiger charge is 2.27. The minimum Gasteiger partial charge on any atom is -0.480 e. The van der Waals surface area contributed by atoms with Crippen LogP contribution in [0.2, 0.25) is 0 Å². The van der Waals surface area contributed by atoms with Gasteiger partial charge in [-0.25, -0.2) is 0 Å². The summed E-state index contributed by atoms with van der Waals surface area (Å²) >= 11 is 0. The van der Waals surface area contributed by atoms with Gasteiger partial charge >= 0.3 is 5.97 Å². The molecule has 0 heterocycles. The number of aryl methyl sites for hydroxylation is 3. The predicted octanol–water partition coefficient (Wildman–Crippen LogP) is 2.37. The molecule has 0 aliphatic rings. The highest BCUT2D eigenvalue weighted by molar-refractivity contribution is 6.03.